The van der Waals surface area contributed by atoms with Gasteiger partial charge in [0.1, 0.15) is 6.61 Å². The van der Waals surface area contributed by atoms with Crippen LogP contribution in [0.1, 0.15) is 15.9 Å². The molecule has 1 heterocycles. The number of halogens is 2. The Morgan fingerprint density at radius 3 is 2.72 bits per heavy atom. The first-order valence-corrected chi connectivity index (χ1v) is 5.98. The summed E-state index contributed by atoms with van der Waals surface area (Å²) in [6.07, 6.45) is 1.15. The fourth-order valence-corrected chi connectivity index (χ4v) is 1.74. The molecule has 0 atom stereocenters. The molecule has 0 saturated carbocycles. The van der Waals surface area contributed by atoms with Crippen molar-refractivity contribution >= 4 is 21.9 Å². The third-order valence-electron chi connectivity index (χ3n) is 2.28. The van der Waals surface area contributed by atoms with E-state index in [1.54, 1.807) is 0 Å². The number of hydrogen-bond acceptors (Lipinski definition) is 3. The first-order chi connectivity index (χ1) is 8.66. The van der Waals surface area contributed by atoms with Gasteiger partial charge in [0.05, 0.1) is 5.56 Å². The second-order valence-electron chi connectivity index (χ2n) is 3.54. The van der Waals surface area contributed by atoms with Gasteiger partial charge in [0, 0.05) is 16.2 Å². The molecule has 1 aromatic carbocycles. The molecule has 0 N–H and O–H groups in total. The maximum atomic E-state index is 12.6. The van der Waals surface area contributed by atoms with Crippen molar-refractivity contribution in [2.45, 2.75) is 6.61 Å². The first-order valence-electron chi connectivity index (χ1n) is 5.19. The van der Waals surface area contributed by atoms with Crippen LogP contribution in [0, 0.1) is 5.95 Å². The van der Waals surface area contributed by atoms with Gasteiger partial charge in [-0.1, -0.05) is 34.1 Å². The molecular formula is C13H9BrFNO2. The molecule has 0 fully saturated rings. The normalized spacial score (nSPS) is 10.1. The summed E-state index contributed by atoms with van der Waals surface area (Å²) in [6.45, 7) is 0.150. The zero-order chi connectivity index (χ0) is 13.0. The van der Waals surface area contributed by atoms with Gasteiger partial charge in [0.2, 0.25) is 5.95 Å². The summed E-state index contributed by atoms with van der Waals surface area (Å²) in [5.74, 6) is -1.16. The molecule has 2 rings (SSSR count). The van der Waals surface area contributed by atoms with Crippen LogP contribution in [0.3, 0.4) is 0 Å². The summed E-state index contributed by atoms with van der Waals surface area (Å²) in [7, 11) is 0. The van der Waals surface area contributed by atoms with Crippen LogP contribution >= 0.6 is 15.9 Å². The molecule has 0 bridgehead atoms. The third-order valence-corrected chi connectivity index (χ3v) is 3.05. The molecule has 0 saturated heterocycles. The summed E-state index contributed by atoms with van der Waals surface area (Å²) >= 11 is 3.36. The Bertz CT molecular complexity index is 557. The number of ether oxygens (including phenoxy) is 1. The highest BCUT2D eigenvalue weighted by atomic mass is 79.9. The standard InChI is InChI=1S/C13H9BrFNO2/c14-11-4-2-1-3-10(11)8-18-13(17)9-5-6-12(15)16-7-9/h1-7H,8H2. The van der Waals surface area contributed by atoms with Gasteiger partial charge in [0.15, 0.2) is 0 Å². The van der Waals surface area contributed by atoms with Gasteiger partial charge in [-0.15, -0.1) is 0 Å². The van der Waals surface area contributed by atoms with Crippen LogP contribution < -0.4 is 0 Å². The molecule has 0 aliphatic carbocycles. The van der Waals surface area contributed by atoms with Crippen molar-refractivity contribution in [2.24, 2.45) is 0 Å². The Morgan fingerprint density at radius 2 is 2.06 bits per heavy atom. The van der Waals surface area contributed by atoms with Gasteiger partial charge in [-0.2, -0.15) is 4.39 Å². The van der Waals surface area contributed by atoms with Crippen molar-refractivity contribution < 1.29 is 13.9 Å². The minimum absolute atomic E-state index is 0.150. The smallest absolute Gasteiger partial charge is 0.340 e. The molecule has 18 heavy (non-hydrogen) atoms. The number of carbonyl (C=O) groups is 1. The Balaban J connectivity index is 2.01. The highest BCUT2D eigenvalue weighted by Gasteiger charge is 2.09. The van der Waals surface area contributed by atoms with E-state index in [2.05, 4.69) is 20.9 Å². The van der Waals surface area contributed by atoms with Crippen molar-refractivity contribution in [1.82, 2.24) is 4.98 Å². The number of aromatic nitrogens is 1. The molecule has 0 spiro atoms. The number of pyridine rings is 1. The van der Waals surface area contributed by atoms with Gasteiger partial charge in [-0.05, 0) is 18.2 Å². The quantitative estimate of drug-likeness (QED) is 0.645. The first kappa shape index (κ1) is 12.7. The number of carbonyl (C=O) groups excluding carboxylic acids is 1. The van der Waals surface area contributed by atoms with Crippen LogP contribution in [0.15, 0.2) is 47.1 Å². The minimum atomic E-state index is -0.627. The van der Waals surface area contributed by atoms with Crippen molar-refractivity contribution in [3.8, 4) is 0 Å². The third kappa shape index (κ3) is 3.13. The van der Waals surface area contributed by atoms with E-state index >= 15 is 0 Å². The fraction of sp³-hybridized carbons (Fsp3) is 0.0769. The van der Waals surface area contributed by atoms with E-state index in [0.717, 1.165) is 22.3 Å². The highest BCUT2D eigenvalue weighted by Crippen LogP contribution is 2.17. The fourth-order valence-electron chi connectivity index (χ4n) is 1.34. The van der Waals surface area contributed by atoms with Crippen LogP contribution in [0.2, 0.25) is 0 Å². The summed E-state index contributed by atoms with van der Waals surface area (Å²) in [6, 6.07) is 9.90. The Morgan fingerprint density at radius 1 is 1.28 bits per heavy atom. The summed E-state index contributed by atoms with van der Waals surface area (Å²) in [5, 5.41) is 0. The van der Waals surface area contributed by atoms with E-state index in [-0.39, 0.29) is 12.2 Å². The van der Waals surface area contributed by atoms with Crippen LogP contribution in [0.4, 0.5) is 4.39 Å². The predicted octanol–water partition coefficient (Wildman–Crippen LogP) is 3.34. The van der Waals surface area contributed by atoms with E-state index in [0.29, 0.717) is 0 Å². The topological polar surface area (TPSA) is 39.2 Å². The van der Waals surface area contributed by atoms with E-state index in [9.17, 15) is 9.18 Å². The maximum absolute atomic E-state index is 12.6. The van der Waals surface area contributed by atoms with Gasteiger partial charge in [-0.25, -0.2) is 9.78 Å². The second kappa shape index (κ2) is 5.73. The lowest BCUT2D eigenvalue weighted by Gasteiger charge is -2.06. The molecule has 2 aromatic rings. The van der Waals surface area contributed by atoms with Crippen LogP contribution in [0.5, 0.6) is 0 Å². The summed E-state index contributed by atoms with van der Waals surface area (Å²) < 4.78 is 18.6. The zero-order valence-corrected chi connectivity index (χ0v) is 10.9. The maximum Gasteiger partial charge on any atom is 0.340 e. The number of benzene rings is 1. The lowest BCUT2D eigenvalue weighted by atomic mass is 10.2. The molecule has 5 heteroatoms. The van der Waals surface area contributed by atoms with Gasteiger partial charge < -0.3 is 4.74 Å². The zero-order valence-electron chi connectivity index (χ0n) is 9.27. The largest absolute Gasteiger partial charge is 0.457 e. The van der Waals surface area contributed by atoms with Crippen molar-refractivity contribution in [3.05, 3.63) is 64.1 Å². The average Bonchev–Trinajstić information content (AvgIpc) is 2.38. The van der Waals surface area contributed by atoms with E-state index < -0.39 is 11.9 Å². The van der Waals surface area contributed by atoms with E-state index in [1.807, 2.05) is 24.3 Å². The number of rotatable bonds is 3. The van der Waals surface area contributed by atoms with E-state index in [4.69, 9.17) is 4.74 Å². The highest BCUT2D eigenvalue weighted by molar-refractivity contribution is 9.10. The Hall–Kier alpha value is -1.75. The monoisotopic (exact) mass is 309 g/mol. The number of esters is 1. The van der Waals surface area contributed by atoms with Gasteiger partial charge in [-0.3, -0.25) is 0 Å². The molecule has 0 aliphatic rings. The summed E-state index contributed by atoms with van der Waals surface area (Å²) in [4.78, 5) is 15.0. The molecule has 0 amide bonds. The van der Waals surface area contributed by atoms with Crippen LogP contribution in [0.25, 0.3) is 0 Å². The minimum Gasteiger partial charge on any atom is -0.457 e. The van der Waals surface area contributed by atoms with Crippen LogP contribution in [-0.2, 0) is 11.3 Å². The molecule has 0 unspecified atom stereocenters. The SMILES string of the molecule is O=C(OCc1ccccc1Br)c1ccc(F)nc1. The number of hydrogen-bond donors (Lipinski definition) is 0. The molecule has 0 radical (unpaired) electrons. The van der Waals surface area contributed by atoms with E-state index in [1.165, 1.54) is 6.07 Å². The van der Waals surface area contributed by atoms with Crippen LogP contribution in [-0.4, -0.2) is 11.0 Å². The molecule has 0 aliphatic heterocycles. The van der Waals surface area contributed by atoms with Gasteiger partial charge in [0.25, 0.3) is 0 Å². The molecule has 1 aromatic heterocycles. The second-order valence-corrected chi connectivity index (χ2v) is 4.39. The van der Waals surface area contributed by atoms with Crippen molar-refractivity contribution in [3.63, 3.8) is 0 Å². The predicted molar refractivity (Wildman–Crippen MR) is 67.5 cm³/mol. The lowest BCUT2D eigenvalue weighted by molar-refractivity contribution is 0.0471. The Kier molecular flexibility index (Phi) is 4.04. The molecular weight excluding hydrogens is 301 g/mol. The summed E-state index contributed by atoms with van der Waals surface area (Å²) in [5.41, 5.74) is 1.09. The van der Waals surface area contributed by atoms with Crippen molar-refractivity contribution in [1.29, 1.82) is 0 Å². The Labute approximate surface area is 112 Å². The van der Waals surface area contributed by atoms with Crippen molar-refractivity contribution in [2.75, 3.05) is 0 Å². The lowest BCUT2D eigenvalue weighted by Crippen LogP contribution is -2.06. The number of nitrogens with zero attached hydrogens (tertiary/aromatic N) is 1. The average molecular weight is 310 g/mol. The molecule has 92 valence electrons. The van der Waals surface area contributed by atoms with Gasteiger partial charge >= 0.3 is 5.97 Å². The molecule has 3 nitrogen and oxygen atoms in total.